The second-order valence-electron chi connectivity index (χ2n) is 9.39. The molecule has 0 heterocycles. The van der Waals surface area contributed by atoms with E-state index in [0.29, 0.717) is 45.8 Å². The first-order valence-electron chi connectivity index (χ1n) is 13.0. The van der Waals surface area contributed by atoms with Crippen LogP contribution in [0.4, 0.5) is 0 Å². The highest BCUT2D eigenvalue weighted by Gasteiger charge is 2.40. The van der Waals surface area contributed by atoms with Crippen LogP contribution in [0.3, 0.4) is 0 Å². The van der Waals surface area contributed by atoms with Gasteiger partial charge in [-0.25, -0.2) is 0 Å². The Morgan fingerprint density at radius 1 is 1.21 bits per heavy atom. The smallest absolute Gasteiger partial charge is 0.247 e. The SMILES string of the molecule is COCCC(=O)N(CCCOC(C)C)[C@@H]1CC(C(=O)NCCO)=C[C@H](Oc2c(I)cc(CO)cc2OC)[C@H]1O. The second-order valence-corrected chi connectivity index (χ2v) is 10.5. The van der Waals surface area contributed by atoms with Gasteiger partial charge in [-0.3, -0.25) is 9.59 Å². The van der Waals surface area contributed by atoms with Crippen molar-refractivity contribution in [2.24, 2.45) is 0 Å². The summed E-state index contributed by atoms with van der Waals surface area (Å²) in [7, 11) is 2.98. The van der Waals surface area contributed by atoms with E-state index in [0.717, 1.165) is 0 Å². The van der Waals surface area contributed by atoms with Crippen molar-refractivity contribution in [1.29, 1.82) is 0 Å². The van der Waals surface area contributed by atoms with Gasteiger partial charge in [-0.2, -0.15) is 0 Å². The van der Waals surface area contributed by atoms with Crippen molar-refractivity contribution in [3.8, 4) is 11.5 Å². The number of carbonyl (C=O) groups excluding carboxylic acids is 2. The molecule has 1 aliphatic rings. The van der Waals surface area contributed by atoms with Gasteiger partial charge < -0.3 is 44.5 Å². The van der Waals surface area contributed by atoms with Crippen molar-refractivity contribution in [2.45, 2.75) is 64.1 Å². The Labute approximate surface area is 243 Å². The van der Waals surface area contributed by atoms with E-state index in [1.165, 1.54) is 14.2 Å². The Morgan fingerprint density at radius 3 is 2.56 bits per heavy atom. The lowest BCUT2D eigenvalue weighted by Crippen LogP contribution is -2.55. The molecule has 0 aliphatic heterocycles. The average Bonchev–Trinajstić information content (AvgIpc) is 2.92. The summed E-state index contributed by atoms with van der Waals surface area (Å²) in [6.07, 6.45) is 0.166. The summed E-state index contributed by atoms with van der Waals surface area (Å²) in [6, 6.07) is 2.61. The third kappa shape index (κ3) is 9.87. The molecule has 0 aromatic heterocycles. The zero-order valence-corrected chi connectivity index (χ0v) is 25.2. The predicted octanol–water partition coefficient (Wildman–Crippen LogP) is 1.39. The molecular formula is C27H41IN2O9. The van der Waals surface area contributed by atoms with Gasteiger partial charge in [0.25, 0.3) is 0 Å². The number of hydrogen-bond acceptors (Lipinski definition) is 9. The van der Waals surface area contributed by atoms with Gasteiger partial charge in [-0.05, 0) is 66.6 Å². The molecule has 0 fully saturated rings. The Balaban J connectivity index is 2.44. The van der Waals surface area contributed by atoms with E-state index in [1.54, 1.807) is 23.1 Å². The number of aliphatic hydroxyl groups excluding tert-OH is 3. The number of carbonyl (C=O) groups is 2. The highest BCUT2D eigenvalue weighted by atomic mass is 127. The van der Waals surface area contributed by atoms with Gasteiger partial charge in [-0.15, -0.1) is 0 Å². The fourth-order valence-corrected chi connectivity index (χ4v) is 5.05. The number of halogens is 1. The minimum atomic E-state index is -1.17. The van der Waals surface area contributed by atoms with Gasteiger partial charge in [-0.1, -0.05) is 0 Å². The maximum Gasteiger partial charge on any atom is 0.247 e. The van der Waals surface area contributed by atoms with E-state index in [9.17, 15) is 24.9 Å². The molecule has 220 valence electrons. The van der Waals surface area contributed by atoms with Gasteiger partial charge in [0, 0.05) is 38.8 Å². The summed E-state index contributed by atoms with van der Waals surface area (Å²) >= 11 is 2.05. The molecule has 2 amide bonds. The van der Waals surface area contributed by atoms with Crippen LogP contribution in [0.25, 0.3) is 0 Å². The molecule has 0 radical (unpaired) electrons. The highest BCUT2D eigenvalue weighted by molar-refractivity contribution is 14.1. The van der Waals surface area contributed by atoms with Crippen molar-refractivity contribution in [1.82, 2.24) is 10.2 Å². The molecule has 12 heteroatoms. The van der Waals surface area contributed by atoms with Crippen molar-refractivity contribution in [2.75, 3.05) is 47.1 Å². The van der Waals surface area contributed by atoms with Gasteiger partial charge in [0.05, 0.1) is 49.1 Å². The number of ether oxygens (including phenoxy) is 4. The lowest BCUT2D eigenvalue weighted by atomic mass is 9.88. The van der Waals surface area contributed by atoms with Crippen LogP contribution in [0, 0.1) is 3.57 Å². The summed E-state index contributed by atoms with van der Waals surface area (Å²) in [5.74, 6) is 0.0627. The van der Waals surface area contributed by atoms with Crippen LogP contribution in [0.15, 0.2) is 23.8 Å². The van der Waals surface area contributed by atoms with Crippen LogP contribution in [-0.2, 0) is 25.7 Å². The largest absolute Gasteiger partial charge is 0.493 e. The van der Waals surface area contributed by atoms with E-state index in [1.807, 2.05) is 13.8 Å². The normalized spacial score (nSPS) is 19.0. The van der Waals surface area contributed by atoms with Crippen molar-refractivity contribution >= 4 is 34.4 Å². The van der Waals surface area contributed by atoms with Crippen LogP contribution in [0.5, 0.6) is 11.5 Å². The number of methoxy groups -OCH3 is 2. The molecule has 0 bridgehead atoms. The van der Waals surface area contributed by atoms with Gasteiger partial charge in [0.2, 0.25) is 11.8 Å². The topological polar surface area (TPSA) is 147 Å². The summed E-state index contributed by atoms with van der Waals surface area (Å²) < 4.78 is 23.1. The number of aliphatic hydroxyl groups is 3. The molecule has 39 heavy (non-hydrogen) atoms. The van der Waals surface area contributed by atoms with Crippen molar-refractivity contribution in [3.63, 3.8) is 0 Å². The first-order valence-corrected chi connectivity index (χ1v) is 14.1. The maximum atomic E-state index is 13.3. The third-order valence-corrected chi connectivity index (χ3v) is 6.98. The number of hydrogen-bond donors (Lipinski definition) is 4. The Hall–Kier alpha value is -1.97. The van der Waals surface area contributed by atoms with E-state index >= 15 is 0 Å². The molecule has 1 aromatic carbocycles. The van der Waals surface area contributed by atoms with Crippen LogP contribution in [0.2, 0.25) is 0 Å². The van der Waals surface area contributed by atoms with Crippen molar-refractivity contribution in [3.05, 3.63) is 32.9 Å². The molecule has 1 aromatic rings. The Morgan fingerprint density at radius 2 is 1.95 bits per heavy atom. The molecule has 11 nitrogen and oxygen atoms in total. The first kappa shape index (κ1) is 33.2. The zero-order chi connectivity index (χ0) is 28.9. The summed E-state index contributed by atoms with van der Waals surface area (Å²) in [5, 5.41) is 32.9. The summed E-state index contributed by atoms with van der Waals surface area (Å²) in [6.45, 7) is 4.46. The maximum absolute atomic E-state index is 13.3. The highest BCUT2D eigenvalue weighted by Crippen LogP contribution is 2.37. The van der Waals surface area contributed by atoms with E-state index in [4.69, 9.17) is 18.9 Å². The molecular weight excluding hydrogens is 623 g/mol. The van der Waals surface area contributed by atoms with E-state index < -0.39 is 24.2 Å². The Bertz CT molecular complexity index is 973. The Kier molecular flexibility index (Phi) is 14.5. The minimum absolute atomic E-state index is 0.0418. The second kappa shape index (κ2) is 17.0. The molecule has 3 atom stereocenters. The van der Waals surface area contributed by atoms with Gasteiger partial charge >= 0.3 is 0 Å². The lowest BCUT2D eigenvalue weighted by molar-refractivity contribution is -0.139. The number of rotatable bonds is 16. The third-order valence-electron chi connectivity index (χ3n) is 6.18. The minimum Gasteiger partial charge on any atom is -0.493 e. The summed E-state index contributed by atoms with van der Waals surface area (Å²) in [4.78, 5) is 27.8. The predicted molar refractivity (Wildman–Crippen MR) is 153 cm³/mol. The standard InChI is InChI=1S/C27H41IN2O9/c1-17(2)38-10-5-8-30(24(33)6-11-36-3)21-14-19(27(35)29-7-9-31)15-22(25(21)34)39-26-20(28)12-18(16-32)13-23(26)37-4/h12-13,15,17,21-22,25,31-32,34H,5-11,14,16H2,1-4H3,(H,29,35)/t21-,22+,25+/m1/s1. The monoisotopic (exact) mass is 664 g/mol. The average molecular weight is 665 g/mol. The molecule has 0 saturated carbocycles. The number of nitrogens with zero attached hydrogens (tertiary/aromatic N) is 1. The van der Waals surface area contributed by atoms with E-state index in [-0.39, 0.29) is 51.2 Å². The number of amides is 2. The van der Waals surface area contributed by atoms with Crippen LogP contribution < -0.4 is 14.8 Å². The fraction of sp³-hybridized carbons (Fsp3) is 0.630. The van der Waals surface area contributed by atoms with Gasteiger partial charge in [0.15, 0.2) is 11.5 Å². The van der Waals surface area contributed by atoms with E-state index in [2.05, 4.69) is 27.9 Å². The summed E-state index contributed by atoms with van der Waals surface area (Å²) in [5.41, 5.74) is 0.955. The molecule has 2 rings (SSSR count). The lowest BCUT2D eigenvalue weighted by Gasteiger charge is -2.40. The fourth-order valence-electron chi connectivity index (χ4n) is 4.26. The van der Waals surface area contributed by atoms with Crippen LogP contribution >= 0.6 is 22.6 Å². The number of nitrogens with one attached hydrogen (secondary N) is 1. The molecule has 0 saturated heterocycles. The van der Waals surface area contributed by atoms with Crippen LogP contribution in [0.1, 0.15) is 38.7 Å². The molecule has 4 N–H and O–H groups in total. The molecule has 0 spiro atoms. The quantitative estimate of drug-likeness (QED) is 0.152. The molecule has 1 aliphatic carbocycles. The molecule has 0 unspecified atom stereocenters. The van der Waals surface area contributed by atoms with Crippen molar-refractivity contribution < 1.29 is 43.9 Å². The van der Waals surface area contributed by atoms with Gasteiger partial charge in [0.1, 0.15) is 12.2 Å². The zero-order valence-electron chi connectivity index (χ0n) is 23.0. The van der Waals surface area contributed by atoms with Crippen LogP contribution in [-0.4, -0.2) is 104 Å². The number of benzene rings is 1. The first-order chi connectivity index (χ1) is 18.7.